The maximum atomic E-state index is 12.8. The fourth-order valence-corrected chi connectivity index (χ4v) is 4.58. The van der Waals surface area contributed by atoms with Gasteiger partial charge in [-0.3, -0.25) is 0 Å². The first-order valence-corrected chi connectivity index (χ1v) is 10.7. The lowest BCUT2D eigenvalue weighted by Crippen LogP contribution is -2.41. The van der Waals surface area contributed by atoms with Gasteiger partial charge in [0.05, 0.1) is 4.90 Å². The Hall–Kier alpha value is -0.880. The SMILES string of the molecule is C=Cc1cc(S(=O)(=O)N(C)CCC(C)N2CCC(C)CC2)ccc1Cl. The first-order chi connectivity index (χ1) is 11.8. The van der Waals surface area contributed by atoms with E-state index in [9.17, 15) is 8.42 Å². The number of hydrogen-bond acceptors (Lipinski definition) is 3. The van der Waals surface area contributed by atoms with E-state index in [1.54, 1.807) is 31.3 Å². The molecule has 2 rings (SSSR count). The van der Waals surface area contributed by atoms with Crippen LogP contribution in [-0.4, -0.2) is 50.3 Å². The molecule has 1 unspecified atom stereocenters. The van der Waals surface area contributed by atoms with E-state index in [2.05, 4.69) is 25.3 Å². The normalized spacial score (nSPS) is 18.4. The minimum absolute atomic E-state index is 0.258. The van der Waals surface area contributed by atoms with Crippen molar-refractivity contribution in [3.8, 4) is 0 Å². The Morgan fingerprint density at radius 3 is 2.64 bits per heavy atom. The lowest BCUT2D eigenvalue weighted by molar-refractivity contribution is 0.138. The molecule has 1 aliphatic heterocycles. The molecule has 1 heterocycles. The molecule has 140 valence electrons. The molecule has 1 aliphatic rings. The molecule has 4 nitrogen and oxygen atoms in total. The van der Waals surface area contributed by atoms with Crippen molar-refractivity contribution < 1.29 is 8.42 Å². The molecule has 6 heteroatoms. The van der Waals surface area contributed by atoms with Gasteiger partial charge in [-0.1, -0.05) is 31.2 Å². The summed E-state index contributed by atoms with van der Waals surface area (Å²) in [4.78, 5) is 2.73. The molecule has 0 bridgehead atoms. The van der Waals surface area contributed by atoms with E-state index in [4.69, 9.17) is 11.6 Å². The van der Waals surface area contributed by atoms with Gasteiger partial charge in [0.2, 0.25) is 10.0 Å². The van der Waals surface area contributed by atoms with Crippen LogP contribution < -0.4 is 0 Å². The lowest BCUT2D eigenvalue weighted by Gasteiger charge is -2.35. The number of hydrogen-bond donors (Lipinski definition) is 0. The van der Waals surface area contributed by atoms with Crippen LogP contribution >= 0.6 is 11.6 Å². The summed E-state index contributed by atoms with van der Waals surface area (Å²) in [6.07, 6.45) is 4.86. The zero-order valence-electron chi connectivity index (χ0n) is 15.4. The third-order valence-electron chi connectivity index (χ3n) is 5.20. The van der Waals surface area contributed by atoms with Crippen LogP contribution in [0, 0.1) is 5.92 Å². The predicted octanol–water partition coefficient (Wildman–Crippen LogP) is 4.11. The summed E-state index contributed by atoms with van der Waals surface area (Å²) in [7, 11) is -1.87. The first kappa shape index (κ1) is 20.4. The molecule has 1 aromatic carbocycles. The zero-order chi connectivity index (χ0) is 18.6. The highest BCUT2D eigenvalue weighted by atomic mass is 35.5. The molecular formula is C19H29ClN2O2S. The van der Waals surface area contributed by atoms with Gasteiger partial charge in [0.15, 0.2) is 0 Å². The number of sulfonamides is 1. The van der Waals surface area contributed by atoms with Crippen molar-refractivity contribution in [2.75, 3.05) is 26.7 Å². The van der Waals surface area contributed by atoms with Crippen molar-refractivity contribution in [1.29, 1.82) is 0 Å². The Kier molecular flexibility index (Phi) is 7.09. The second kappa shape index (κ2) is 8.67. The molecule has 0 amide bonds. The Morgan fingerprint density at radius 1 is 1.40 bits per heavy atom. The van der Waals surface area contributed by atoms with Crippen LogP contribution in [0.2, 0.25) is 5.02 Å². The van der Waals surface area contributed by atoms with Gasteiger partial charge >= 0.3 is 0 Å². The van der Waals surface area contributed by atoms with Crippen LogP contribution in [0.3, 0.4) is 0 Å². The minimum atomic E-state index is -3.52. The van der Waals surface area contributed by atoms with E-state index in [1.165, 1.54) is 17.1 Å². The van der Waals surface area contributed by atoms with Crippen molar-refractivity contribution in [2.24, 2.45) is 5.92 Å². The highest BCUT2D eigenvalue weighted by Crippen LogP contribution is 2.24. The summed E-state index contributed by atoms with van der Waals surface area (Å²) in [5.41, 5.74) is 0.631. The number of benzene rings is 1. The van der Waals surface area contributed by atoms with Gasteiger partial charge in [-0.15, -0.1) is 0 Å². The van der Waals surface area contributed by atoms with Crippen molar-refractivity contribution in [1.82, 2.24) is 9.21 Å². The second-order valence-corrected chi connectivity index (χ2v) is 9.52. The standard InChI is InChI=1S/C19H29ClN2O2S/c1-5-17-14-18(6-7-19(17)20)25(23,24)21(4)11-10-16(3)22-12-8-15(2)9-13-22/h5-7,14-16H,1,8-13H2,2-4H3. The molecule has 1 atom stereocenters. The molecule has 1 fully saturated rings. The van der Waals surface area contributed by atoms with Gasteiger partial charge in [-0.05, 0) is 69.0 Å². The third kappa shape index (κ3) is 5.07. The summed E-state index contributed by atoms with van der Waals surface area (Å²) in [6, 6.07) is 5.13. The lowest BCUT2D eigenvalue weighted by atomic mass is 9.97. The largest absolute Gasteiger partial charge is 0.301 e. The van der Waals surface area contributed by atoms with Crippen molar-refractivity contribution >= 4 is 27.7 Å². The molecule has 0 aliphatic carbocycles. The Balaban J connectivity index is 1.99. The fraction of sp³-hybridized carbons (Fsp3) is 0.579. The summed E-state index contributed by atoms with van der Waals surface area (Å²) < 4.78 is 27.0. The van der Waals surface area contributed by atoms with Gasteiger partial charge in [-0.2, -0.15) is 0 Å². The Morgan fingerprint density at radius 2 is 2.04 bits per heavy atom. The molecule has 0 aromatic heterocycles. The average Bonchev–Trinajstić information content (AvgIpc) is 2.60. The maximum absolute atomic E-state index is 12.8. The average molecular weight is 385 g/mol. The number of likely N-dealkylation sites (tertiary alicyclic amines) is 1. The van der Waals surface area contributed by atoms with Crippen LogP contribution in [-0.2, 0) is 10.0 Å². The van der Waals surface area contributed by atoms with Crippen molar-refractivity contribution in [2.45, 2.75) is 44.0 Å². The van der Waals surface area contributed by atoms with E-state index in [0.717, 1.165) is 25.4 Å². The van der Waals surface area contributed by atoms with Gasteiger partial charge in [-0.25, -0.2) is 12.7 Å². The molecule has 0 spiro atoms. The molecular weight excluding hydrogens is 356 g/mol. The second-order valence-electron chi connectivity index (χ2n) is 7.07. The summed E-state index contributed by atoms with van der Waals surface area (Å²) in [5, 5.41) is 0.504. The van der Waals surface area contributed by atoms with Crippen LogP contribution in [0.1, 0.15) is 38.7 Å². The van der Waals surface area contributed by atoms with Gasteiger partial charge in [0.1, 0.15) is 0 Å². The highest BCUT2D eigenvalue weighted by molar-refractivity contribution is 7.89. The minimum Gasteiger partial charge on any atom is -0.301 e. The van der Waals surface area contributed by atoms with Crippen LogP contribution in [0.25, 0.3) is 6.08 Å². The van der Waals surface area contributed by atoms with E-state index >= 15 is 0 Å². The van der Waals surface area contributed by atoms with E-state index < -0.39 is 10.0 Å². The molecule has 1 saturated heterocycles. The maximum Gasteiger partial charge on any atom is 0.242 e. The van der Waals surface area contributed by atoms with E-state index in [-0.39, 0.29) is 4.90 Å². The van der Waals surface area contributed by atoms with Gasteiger partial charge in [0, 0.05) is 24.7 Å². The van der Waals surface area contributed by atoms with E-state index in [1.807, 2.05) is 0 Å². The van der Waals surface area contributed by atoms with E-state index in [0.29, 0.717) is 23.2 Å². The molecule has 25 heavy (non-hydrogen) atoms. The quantitative estimate of drug-likeness (QED) is 0.710. The van der Waals surface area contributed by atoms with Crippen LogP contribution in [0.4, 0.5) is 0 Å². The Bertz CT molecular complexity index is 697. The topological polar surface area (TPSA) is 40.6 Å². The molecule has 0 N–H and O–H groups in total. The molecule has 1 aromatic rings. The smallest absolute Gasteiger partial charge is 0.242 e. The number of rotatable bonds is 7. The third-order valence-corrected chi connectivity index (χ3v) is 7.40. The van der Waals surface area contributed by atoms with Crippen molar-refractivity contribution in [3.05, 3.63) is 35.4 Å². The number of piperidine rings is 1. The van der Waals surface area contributed by atoms with Crippen molar-refractivity contribution in [3.63, 3.8) is 0 Å². The summed E-state index contributed by atoms with van der Waals surface area (Å²) >= 11 is 6.04. The molecule has 0 radical (unpaired) electrons. The predicted molar refractivity (Wildman–Crippen MR) is 105 cm³/mol. The first-order valence-electron chi connectivity index (χ1n) is 8.88. The Labute approximate surface area is 157 Å². The summed E-state index contributed by atoms with van der Waals surface area (Å²) in [6.45, 7) is 10.9. The highest BCUT2D eigenvalue weighted by Gasteiger charge is 2.24. The monoisotopic (exact) mass is 384 g/mol. The van der Waals surface area contributed by atoms with Crippen LogP contribution in [0.5, 0.6) is 0 Å². The van der Waals surface area contributed by atoms with Gasteiger partial charge < -0.3 is 4.90 Å². The fourth-order valence-electron chi connectivity index (χ4n) is 3.16. The number of halogens is 1. The van der Waals surface area contributed by atoms with Gasteiger partial charge in [0.25, 0.3) is 0 Å². The zero-order valence-corrected chi connectivity index (χ0v) is 17.0. The van der Waals surface area contributed by atoms with Crippen LogP contribution in [0.15, 0.2) is 29.7 Å². The summed E-state index contributed by atoms with van der Waals surface area (Å²) in [5.74, 6) is 0.801. The number of nitrogens with zero attached hydrogens (tertiary/aromatic N) is 2. The molecule has 0 saturated carbocycles.